The number of carbonyl (C=O) groups excluding carboxylic acids is 1. The molecule has 0 aliphatic heterocycles. The monoisotopic (exact) mass is 254 g/mol. The van der Waals surface area contributed by atoms with E-state index in [1.54, 1.807) is 0 Å². The molecular weight excluding hydrogens is 224 g/mol. The van der Waals surface area contributed by atoms with E-state index < -0.39 is 0 Å². The summed E-state index contributed by atoms with van der Waals surface area (Å²) in [6, 6.07) is 0.318. The molecule has 0 heterocycles. The second-order valence-corrected chi connectivity index (χ2v) is 6.43. The molecule has 1 saturated carbocycles. The van der Waals surface area contributed by atoms with Gasteiger partial charge in [-0.1, -0.05) is 33.6 Å². The second-order valence-electron chi connectivity index (χ2n) is 6.43. The van der Waals surface area contributed by atoms with Gasteiger partial charge in [0, 0.05) is 18.0 Å². The van der Waals surface area contributed by atoms with Crippen LogP contribution in [0.15, 0.2) is 0 Å². The van der Waals surface area contributed by atoms with E-state index in [-0.39, 0.29) is 17.9 Å². The van der Waals surface area contributed by atoms with Crippen LogP contribution in [-0.4, -0.2) is 18.0 Å². The Bertz CT molecular complexity index is 263. The van der Waals surface area contributed by atoms with Crippen LogP contribution in [0.25, 0.3) is 0 Å². The average Bonchev–Trinajstić information content (AvgIpc) is 2.72. The molecule has 106 valence electrons. The first-order chi connectivity index (χ1) is 8.41. The molecular formula is C15H30N2O. The maximum Gasteiger partial charge on any atom is 0.224 e. The predicted octanol–water partition coefficient (Wildman–Crippen LogP) is 2.69. The van der Waals surface area contributed by atoms with Crippen LogP contribution in [0.5, 0.6) is 0 Å². The fourth-order valence-electron chi connectivity index (χ4n) is 2.67. The number of nitrogens with one attached hydrogen (secondary N) is 1. The highest BCUT2D eigenvalue weighted by Gasteiger charge is 2.30. The number of amides is 1. The Morgan fingerprint density at radius 1 is 1.28 bits per heavy atom. The van der Waals surface area contributed by atoms with Crippen LogP contribution in [0, 0.1) is 17.8 Å². The molecule has 1 fully saturated rings. The van der Waals surface area contributed by atoms with Gasteiger partial charge in [-0.25, -0.2) is 0 Å². The summed E-state index contributed by atoms with van der Waals surface area (Å²) in [5.74, 6) is 1.48. The Morgan fingerprint density at radius 3 is 2.50 bits per heavy atom. The maximum atomic E-state index is 12.0. The molecule has 1 aliphatic rings. The lowest BCUT2D eigenvalue weighted by atomic mass is 9.93. The number of rotatable bonds is 6. The summed E-state index contributed by atoms with van der Waals surface area (Å²) in [5.41, 5.74) is 5.78. The quantitative estimate of drug-likeness (QED) is 0.765. The van der Waals surface area contributed by atoms with E-state index in [0.29, 0.717) is 12.0 Å². The van der Waals surface area contributed by atoms with Gasteiger partial charge in [-0.05, 0) is 38.0 Å². The highest BCUT2D eigenvalue weighted by Crippen LogP contribution is 2.30. The lowest BCUT2D eigenvalue weighted by molar-refractivity contribution is -0.125. The van der Waals surface area contributed by atoms with Gasteiger partial charge in [-0.15, -0.1) is 0 Å². The van der Waals surface area contributed by atoms with Crippen molar-refractivity contribution in [1.29, 1.82) is 0 Å². The smallest absolute Gasteiger partial charge is 0.224 e. The van der Waals surface area contributed by atoms with E-state index in [9.17, 15) is 4.79 Å². The van der Waals surface area contributed by atoms with Crippen molar-refractivity contribution in [3.05, 3.63) is 0 Å². The molecule has 0 bridgehead atoms. The molecule has 1 aliphatic carbocycles. The van der Waals surface area contributed by atoms with Crippen molar-refractivity contribution in [3.63, 3.8) is 0 Å². The second kappa shape index (κ2) is 7.13. The summed E-state index contributed by atoms with van der Waals surface area (Å²) < 4.78 is 0. The van der Waals surface area contributed by atoms with Crippen molar-refractivity contribution in [2.24, 2.45) is 23.5 Å². The lowest BCUT2D eigenvalue weighted by Gasteiger charge is -2.24. The topological polar surface area (TPSA) is 55.1 Å². The first kappa shape index (κ1) is 15.5. The highest BCUT2D eigenvalue weighted by atomic mass is 16.2. The van der Waals surface area contributed by atoms with Crippen molar-refractivity contribution in [3.8, 4) is 0 Å². The van der Waals surface area contributed by atoms with Gasteiger partial charge in [0.1, 0.15) is 0 Å². The van der Waals surface area contributed by atoms with E-state index in [4.69, 9.17) is 5.73 Å². The molecule has 0 aromatic carbocycles. The van der Waals surface area contributed by atoms with Gasteiger partial charge in [-0.3, -0.25) is 4.79 Å². The third kappa shape index (κ3) is 4.60. The Labute approximate surface area is 112 Å². The van der Waals surface area contributed by atoms with Crippen molar-refractivity contribution in [2.45, 2.75) is 71.9 Å². The number of hydrogen-bond acceptors (Lipinski definition) is 2. The van der Waals surface area contributed by atoms with Gasteiger partial charge >= 0.3 is 0 Å². The minimum absolute atomic E-state index is 0.0690. The third-order valence-electron chi connectivity index (χ3n) is 4.30. The molecule has 3 nitrogen and oxygen atoms in total. The molecule has 18 heavy (non-hydrogen) atoms. The van der Waals surface area contributed by atoms with Crippen molar-refractivity contribution < 1.29 is 4.79 Å². The Morgan fingerprint density at radius 2 is 1.94 bits per heavy atom. The minimum Gasteiger partial charge on any atom is -0.353 e. The highest BCUT2D eigenvalue weighted by molar-refractivity contribution is 5.79. The third-order valence-corrected chi connectivity index (χ3v) is 4.30. The molecule has 0 aromatic heterocycles. The van der Waals surface area contributed by atoms with Crippen LogP contribution in [-0.2, 0) is 4.79 Å². The van der Waals surface area contributed by atoms with Crippen LogP contribution < -0.4 is 11.1 Å². The number of carbonyl (C=O) groups is 1. The van der Waals surface area contributed by atoms with Gasteiger partial charge in [0.15, 0.2) is 0 Å². The van der Waals surface area contributed by atoms with Crippen molar-refractivity contribution in [1.82, 2.24) is 5.32 Å². The van der Waals surface area contributed by atoms with Crippen molar-refractivity contribution >= 4 is 5.91 Å². The van der Waals surface area contributed by atoms with Crippen LogP contribution in [0.4, 0.5) is 0 Å². The number of hydrogen-bond donors (Lipinski definition) is 2. The molecule has 4 unspecified atom stereocenters. The van der Waals surface area contributed by atoms with Crippen molar-refractivity contribution in [2.75, 3.05) is 0 Å². The minimum atomic E-state index is -0.0867. The van der Waals surface area contributed by atoms with Gasteiger partial charge in [-0.2, -0.15) is 0 Å². The fraction of sp³-hybridized carbons (Fsp3) is 0.933. The molecule has 4 atom stereocenters. The predicted molar refractivity (Wildman–Crippen MR) is 76.2 cm³/mol. The summed E-state index contributed by atoms with van der Waals surface area (Å²) in [5, 5.41) is 3.21. The van der Waals surface area contributed by atoms with E-state index in [0.717, 1.165) is 12.3 Å². The molecule has 3 N–H and O–H groups in total. The van der Waals surface area contributed by atoms with Gasteiger partial charge < -0.3 is 11.1 Å². The Kier molecular flexibility index (Phi) is 6.13. The largest absolute Gasteiger partial charge is 0.353 e. The van der Waals surface area contributed by atoms with E-state index >= 15 is 0 Å². The first-order valence-electron chi connectivity index (χ1n) is 7.47. The van der Waals surface area contributed by atoms with Gasteiger partial charge in [0.2, 0.25) is 5.91 Å². The van der Waals surface area contributed by atoms with Crippen LogP contribution in [0.1, 0.15) is 59.8 Å². The summed E-state index contributed by atoms with van der Waals surface area (Å²) in [6.07, 6.45) is 6.17. The summed E-state index contributed by atoms with van der Waals surface area (Å²) in [6.45, 7) is 8.34. The molecule has 1 rings (SSSR count). The van der Waals surface area contributed by atoms with Crippen LogP contribution >= 0.6 is 0 Å². The van der Waals surface area contributed by atoms with E-state index in [1.165, 1.54) is 25.7 Å². The first-order valence-corrected chi connectivity index (χ1v) is 7.47. The maximum absolute atomic E-state index is 12.0. The van der Waals surface area contributed by atoms with Crippen LogP contribution in [0.3, 0.4) is 0 Å². The van der Waals surface area contributed by atoms with Gasteiger partial charge in [0.05, 0.1) is 0 Å². The SMILES string of the molecule is CC(C)CCC1CCCC1NC(=O)C(C)C(C)N. The fourth-order valence-corrected chi connectivity index (χ4v) is 2.67. The van der Waals surface area contributed by atoms with E-state index in [1.807, 2.05) is 13.8 Å². The molecule has 0 radical (unpaired) electrons. The van der Waals surface area contributed by atoms with E-state index in [2.05, 4.69) is 19.2 Å². The summed E-state index contributed by atoms with van der Waals surface area (Å²) in [4.78, 5) is 12.0. The molecule has 3 heteroatoms. The summed E-state index contributed by atoms with van der Waals surface area (Å²) >= 11 is 0. The molecule has 0 spiro atoms. The zero-order valence-corrected chi connectivity index (χ0v) is 12.4. The zero-order chi connectivity index (χ0) is 13.7. The standard InChI is InChI=1S/C15H30N2O/c1-10(2)8-9-13-6-5-7-14(13)17-15(18)11(3)12(4)16/h10-14H,5-9,16H2,1-4H3,(H,17,18). The molecule has 0 saturated heterocycles. The number of nitrogens with two attached hydrogens (primary N) is 1. The van der Waals surface area contributed by atoms with Crippen LogP contribution in [0.2, 0.25) is 0 Å². The molecule has 0 aromatic rings. The van der Waals surface area contributed by atoms with Gasteiger partial charge in [0.25, 0.3) is 0 Å². The zero-order valence-electron chi connectivity index (χ0n) is 12.4. The lowest BCUT2D eigenvalue weighted by Crippen LogP contribution is -2.44. The Hall–Kier alpha value is -0.570. The molecule has 1 amide bonds. The average molecular weight is 254 g/mol. The normalized spacial score (nSPS) is 27.2. The Balaban J connectivity index is 2.42. The summed E-state index contributed by atoms with van der Waals surface area (Å²) in [7, 11) is 0.